The highest BCUT2D eigenvalue weighted by atomic mass is 16.5. The third kappa shape index (κ3) is 4.93. The number of anilines is 2. The van der Waals surface area contributed by atoms with Crippen molar-refractivity contribution in [2.24, 2.45) is 0 Å². The minimum Gasteiger partial charge on any atom is -0.380 e. The lowest BCUT2D eigenvalue weighted by Crippen LogP contribution is -2.55. The lowest BCUT2D eigenvalue weighted by molar-refractivity contribution is -0.150. The van der Waals surface area contributed by atoms with Gasteiger partial charge < -0.3 is 20.1 Å². The van der Waals surface area contributed by atoms with Gasteiger partial charge in [-0.1, -0.05) is 32.9 Å². The molecule has 162 valence electrons. The number of benzene rings is 2. The number of hydrogen-bond donors (Lipinski definition) is 2. The summed E-state index contributed by atoms with van der Waals surface area (Å²) >= 11 is 0. The van der Waals surface area contributed by atoms with Gasteiger partial charge in [-0.25, -0.2) is 0 Å². The summed E-state index contributed by atoms with van der Waals surface area (Å²) in [6, 6.07) is 14.5. The Hall–Kier alpha value is -3.21. The smallest absolute Gasteiger partial charge is 0.259 e. The predicted molar refractivity (Wildman–Crippen MR) is 118 cm³/mol. The number of hydrogen-bond acceptors (Lipinski definition) is 5. The van der Waals surface area contributed by atoms with Crippen LogP contribution in [0, 0.1) is 18.3 Å². The summed E-state index contributed by atoms with van der Waals surface area (Å²) in [5, 5.41) is 22.1. The van der Waals surface area contributed by atoms with E-state index >= 15 is 0 Å². The van der Waals surface area contributed by atoms with Gasteiger partial charge in [0.25, 0.3) is 11.8 Å². The number of rotatable bonds is 4. The van der Waals surface area contributed by atoms with Crippen LogP contribution in [0.1, 0.15) is 37.5 Å². The van der Waals surface area contributed by atoms with Crippen LogP contribution >= 0.6 is 0 Å². The van der Waals surface area contributed by atoms with E-state index in [9.17, 15) is 14.7 Å². The van der Waals surface area contributed by atoms with Gasteiger partial charge in [-0.15, -0.1) is 0 Å². The maximum atomic E-state index is 13.0. The molecule has 0 saturated carbocycles. The Kier molecular flexibility index (Phi) is 6.44. The summed E-state index contributed by atoms with van der Waals surface area (Å²) in [6.07, 6.45) is -2.96. The normalized spacial score (nSPS) is 17.7. The summed E-state index contributed by atoms with van der Waals surface area (Å²) in [7, 11) is 0. The van der Waals surface area contributed by atoms with Gasteiger partial charge in [-0.05, 0) is 53.8 Å². The maximum Gasteiger partial charge on any atom is 0.259 e. The zero-order chi connectivity index (χ0) is 22.8. The van der Waals surface area contributed by atoms with Crippen molar-refractivity contribution in [3.05, 3.63) is 59.2 Å². The molecule has 2 aromatic carbocycles. The van der Waals surface area contributed by atoms with Crippen molar-refractivity contribution in [1.82, 2.24) is 0 Å². The molecule has 0 radical (unpaired) electrons. The van der Waals surface area contributed by atoms with E-state index in [1.165, 1.54) is 4.90 Å². The molecule has 31 heavy (non-hydrogen) atoms. The molecule has 1 aliphatic heterocycles. The molecule has 1 aliphatic rings. The van der Waals surface area contributed by atoms with E-state index < -0.39 is 24.0 Å². The van der Waals surface area contributed by atoms with E-state index in [1.54, 1.807) is 25.1 Å². The maximum absolute atomic E-state index is 13.0. The van der Waals surface area contributed by atoms with Crippen LogP contribution in [0.2, 0.25) is 0 Å². The van der Waals surface area contributed by atoms with Gasteiger partial charge in [0, 0.05) is 17.9 Å². The number of aryl methyl sites for hydroxylation is 1. The van der Waals surface area contributed by atoms with Crippen LogP contribution in [0.15, 0.2) is 42.5 Å². The van der Waals surface area contributed by atoms with Crippen LogP contribution in [0.4, 0.5) is 11.4 Å². The quantitative estimate of drug-likeness (QED) is 0.790. The second-order valence-corrected chi connectivity index (χ2v) is 8.65. The van der Waals surface area contributed by atoms with Gasteiger partial charge in [0.15, 0.2) is 12.2 Å². The average Bonchev–Trinajstić information content (AvgIpc) is 2.74. The second-order valence-electron chi connectivity index (χ2n) is 8.65. The number of amides is 2. The largest absolute Gasteiger partial charge is 0.380 e. The first-order chi connectivity index (χ1) is 14.6. The first-order valence-electron chi connectivity index (χ1n) is 10.1. The summed E-state index contributed by atoms with van der Waals surface area (Å²) in [4.78, 5) is 27.1. The van der Waals surface area contributed by atoms with Crippen molar-refractivity contribution in [3.8, 4) is 6.07 Å². The molecule has 2 amide bonds. The van der Waals surface area contributed by atoms with Gasteiger partial charge in [0.1, 0.15) is 0 Å². The van der Waals surface area contributed by atoms with Crippen LogP contribution in [0.5, 0.6) is 0 Å². The van der Waals surface area contributed by atoms with E-state index in [-0.39, 0.29) is 12.0 Å². The fraction of sp³-hybridized carbons (Fsp3) is 0.375. The van der Waals surface area contributed by atoms with Gasteiger partial charge in [0.05, 0.1) is 18.2 Å². The third-order valence-corrected chi connectivity index (χ3v) is 5.34. The number of carbonyl (C=O) groups excluding carboxylic acids is 2. The zero-order valence-electron chi connectivity index (χ0n) is 18.2. The van der Waals surface area contributed by atoms with Gasteiger partial charge in [-0.2, -0.15) is 5.26 Å². The van der Waals surface area contributed by atoms with E-state index in [1.807, 2.05) is 30.3 Å². The van der Waals surface area contributed by atoms with Crippen LogP contribution < -0.4 is 10.2 Å². The molecule has 0 aromatic heterocycles. The molecule has 0 unspecified atom stereocenters. The molecule has 0 aliphatic carbocycles. The van der Waals surface area contributed by atoms with Crippen LogP contribution in [0.25, 0.3) is 0 Å². The fourth-order valence-corrected chi connectivity index (χ4v) is 3.45. The Morgan fingerprint density at radius 2 is 1.94 bits per heavy atom. The van der Waals surface area contributed by atoms with Gasteiger partial charge in [-0.3, -0.25) is 9.59 Å². The van der Waals surface area contributed by atoms with E-state index in [4.69, 9.17) is 10.00 Å². The molecule has 1 saturated heterocycles. The Labute approximate surface area is 182 Å². The minimum absolute atomic E-state index is 0.00601. The summed E-state index contributed by atoms with van der Waals surface area (Å²) < 4.78 is 5.46. The van der Waals surface area contributed by atoms with Crippen LogP contribution in [-0.4, -0.2) is 42.3 Å². The molecule has 3 rings (SSSR count). The van der Waals surface area contributed by atoms with Crippen molar-refractivity contribution >= 4 is 23.2 Å². The van der Waals surface area contributed by atoms with E-state index in [0.29, 0.717) is 29.0 Å². The Balaban J connectivity index is 1.73. The fourth-order valence-electron chi connectivity index (χ4n) is 3.45. The number of carbonyl (C=O) groups is 2. The molecule has 0 spiro atoms. The van der Waals surface area contributed by atoms with E-state index in [2.05, 4.69) is 26.1 Å². The Morgan fingerprint density at radius 3 is 2.52 bits per heavy atom. The first kappa shape index (κ1) is 22.5. The number of aliphatic hydroxyl groups excluding tert-OH is 1. The average molecular weight is 421 g/mol. The molecule has 7 nitrogen and oxygen atoms in total. The number of nitrogens with zero attached hydrogens (tertiary/aromatic N) is 2. The standard InChI is InChI=1S/C24H27N3O4/c1-15-13-16(14-25)5-10-19(15)26-22(29)20(28)21-23(30)27(11-12-31-21)18-8-6-17(7-9-18)24(2,3)4/h5-10,13,20-21,28H,11-12H2,1-4H3,(H,26,29)/t20-,21-/m1/s1. The molecule has 0 bridgehead atoms. The summed E-state index contributed by atoms with van der Waals surface area (Å²) in [5.74, 6) is -1.20. The highest BCUT2D eigenvalue weighted by Gasteiger charge is 2.39. The second kappa shape index (κ2) is 8.88. The van der Waals surface area contributed by atoms with Crippen molar-refractivity contribution in [3.63, 3.8) is 0 Å². The number of aliphatic hydroxyl groups is 1. The monoisotopic (exact) mass is 421 g/mol. The predicted octanol–water partition coefficient (Wildman–Crippen LogP) is 2.90. The molecular weight excluding hydrogens is 394 g/mol. The lowest BCUT2D eigenvalue weighted by Gasteiger charge is -2.34. The van der Waals surface area contributed by atoms with Gasteiger partial charge >= 0.3 is 0 Å². The highest BCUT2D eigenvalue weighted by Crippen LogP contribution is 2.27. The SMILES string of the molecule is Cc1cc(C#N)ccc1NC(=O)[C@H](O)[C@H]1OCCN(c2ccc(C(C)(C)C)cc2)C1=O. The zero-order valence-corrected chi connectivity index (χ0v) is 18.2. The number of ether oxygens (including phenoxy) is 1. The van der Waals surface area contributed by atoms with Crippen LogP contribution in [0.3, 0.4) is 0 Å². The molecule has 1 fully saturated rings. The number of morpholine rings is 1. The van der Waals surface area contributed by atoms with Crippen molar-refractivity contribution in [2.45, 2.75) is 45.3 Å². The van der Waals surface area contributed by atoms with E-state index in [0.717, 1.165) is 5.56 Å². The molecule has 1 heterocycles. The van der Waals surface area contributed by atoms with Crippen molar-refractivity contribution in [2.75, 3.05) is 23.4 Å². The minimum atomic E-state index is -1.67. The summed E-state index contributed by atoms with van der Waals surface area (Å²) in [6.45, 7) is 8.63. The van der Waals surface area contributed by atoms with Gasteiger partial charge in [0.2, 0.25) is 0 Å². The lowest BCUT2D eigenvalue weighted by atomic mass is 9.87. The molecular formula is C24H27N3O4. The third-order valence-electron chi connectivity index (χ3n) is 5.34. The number of nitriles is 1. The highest BCUT2D eigenvalue weighted by molar-refractivity contribution is 6.04. The Bertz CT molecular complexity index is 1020. The Morgan fingerprint density at radius 1 is 1.26 bits per heavy atom. The van der Waals surface area contributed by atoms with Crippen molar-refractivity contribution < 1.29 is 19.4 Å². The first-order valence-corrected chi connectivity index (χ1v) is 10.1. The molecule has 2 aromatic rings. The molecule has 7 heteroatoms. The molecule has 2 atom stereocenters. The van der Waals surface area contributed by atoms with Crippen molar-refractivity contribution in [1.29, 1.82) is 5.26 Å². The van der Waals surface area contributed by atoms with Crippen LogP contribution in [-0.2, 0) is 19.7 Å². The summed E-state index contributed by atoms with van der Waals surface area (Å²) in [5.41, 5.74) is 3.44. The number of nitrogens with one attached hydrogen (secondary N) is 1. The topological polar surface area (TPSA) is 103 Å². The molecule has 2 N–H and O–H groups in total.